The first-order valence-corrected chi connectivity index (χ1v) is 9.50. The van der Waals surface area contributed by atoms with Crippen LogP contribution in [-0.2, 0) is 9.53 Å². The van der Waals surface area contributed by atoms with Gasteiger partial charge in [0.1, 0.15) is 6.04 Å². The van der Waals surface area contributed by atoms with Crippen LogP contribution in [0.4, 0.5) is 0 Å². The average Bonchev–Trinajstić information content (AvgIpc) is 2.61. The van der Waals surface area contributed by atoms with E-state index in [9.17, 15) is 4.79 Å². The third kappa shape index (κ3) is 6.61. The summed E-state index contributed by atoms with van der Waals surface area (Å²) < 4.78 is 5.81. The average molecular weight is 418 g/mol. The second-order valence-electron chi connectivity index (χ2n) is 7.63. The van der Waals surface area contributed by atoms with Crippen LogP contribution in [-0.4, -0.2) is 60.6 Å². The van der Waals surface area contributed by atoms with Crippen LogP contribution in [0, 0.1) is 5.92 Å². The van der Waals surface area contributed by atoms with Crippen molar-refractivity contribution in [2.75, 3.05) is 32.7 Å². The van der Waals surface area contributed by atoms with Crippen molar-refractivity contribution in [1.82, 2.24) is 9.80 Å². The summed E-state index contributed by atoms with van der Waals surface area (Å²) >= 11 is 0. The first-order valence-electron chi connectivity index (χ1n) is 9.50. The van der Waals surface area contributed by atoms with Gasteiger partial charge in [0.05, 0.1) is 12.2 Å². The van der Waals surface area contributed by atoms with Crippen molar-refractivity contribution < 1.29 is 9.53 Å². The standard InChI is InChI=1S/C20H31N3O2.2ClH/c1-15-12-22(13-16(2)25-15)14-17-8-10-23(11-9-17)20(24)19(21)18-6-4-3-5-7-18;;/h3-7,15-17,19H,8-14,21H2,1-2H3;2*1H. The zero-order chi connectivity index (χ0) is 17.8. The number of hydrogen-bond donors (Lipinski definition) is 1. The molecule has 3 rings (SSSR count). The fraction of sp³-hybridized carbons (Fsp3) is 0.650. The van der Waals surface area contributed by atoms with Gasteiger partial charge in [-0.05, 0) is 38.2 Å². The molecule has 2 aliphatic heterocycles. The second kappa shape index (κ2) is 11.2. The Kier molecular flexibility index (Phi) is 10.1. The molecule has 3 atom stereocenters. The minimum Gasteiger partial charge on any atom is -0.373 e. The lowest BCUT2D eigenvalue weighted by atomic mass is 9.94. The van der Waals surface area contributed by atoms with Crippen molar-refractivity contribution in [3.8, 4) is 0 Å². The second-order valence-corrected chi connectivity index (χ2v) is 7.63. The Balaban J connectivity index is 0.00000182. The maximum Gasteiger partial charge on any atom is 0.244 e. The number of rotatable bonds is 4. The summed E-state index contributed by atoms with van der Waals surface area (Å²) in [5.74, 6) is 0.716. The van der Waals surface area contributed by atoms with Crippen molar-refractivity contribution in [3.05, 3.63) is 35.9 Å². The molecule has 1 amide bonds. The summed E-state index contributed by atoms with van der Waals surface area (Å²) in [6.45, 7) is 9.08. The molecular weight excluding hydrogens is 385 g/mol. The molecule has 2 fully saturated rings. The molecule has 0 bridgehead atoms. The molecule has 0 radical (unpaired) electrons. The number of hydrogen-bond acceptors (Lipinski definition) is 4. The molecule has 0 saturated carbocycles. The highest BCUT2D eigenvalue weighted by molar-refractivity contribution is 5.85. The van der Waals surface area contributed by atoms with Gasteiger partial charge in [-0.2, -0.15) is 0 Å². The van der Waals surface area contributed by atoms with Gasteiger partial charge in [0.25, 0.3) is 0 Å². The number of benzene rings is 1. The molecule has 2 aliphatic rings. The first-order chi connectivity index (χ1) is 12.0. The maximum absolute atomic E-state index is 12.7. The minimum absolute atomic E-state index is 0. The largest absolute Gasteiger partial charge is 0.373 e. The van der Waals surface area contributed by atoms with Crippen LogP contribution in [0.3, 0.4) is 0 Å². The Labute approximate surface area is 175 Å². The van der Waals surface area contributed by atoms with Crippen LogP contribution in [0.2, 0.25) is 0 Å². The fourth-order valence-corrected chi connectivity index (χ4v) is 4.13. The lowest BCUT2D eigenvalue weighted by molar-refractivity contribution is -0.134. The minimum atomic E-state index is -0.543. The van der Waals surface area contributed by atoms with Gasteiger partial charge in [-0.3, -0.25) is 9.69 Å². The fourth-order valence-electron chi connectivity index (χ4n) is 4.13. The van der Waals surface area contributed by atoms with Crippen LogP contribution >= 0.6 is 24.8 Å². The number of nitrogens with zero attached hydrogens (tertiary/aromatic N) is 2. The molecule has 0 aliphatic carbocycles. The SMILES string of the molecule is CC1CN(CC2CCN(C(=O)C(N)c3ccccc3)CC2)CC(C)O1.Cl.Cl. The molecule has 7 heteroatoms. The van der Waals surface area contributed by atoms with Gasteiger partial charge in [0.2, 0.25) is 5.91 Å². The summed E-state index contributed by atoms with van der Waals surface area (Å²) in [7, 11) is 0. The summed E-state index contributed by atoms with van der Waals surface area (Å²) in [5, 5.41) is 0. The zero-order valence-electron chi connectivity index (χ0n) is 16.3. The highest BCUT2D eigenvalue weighted by atomic mass is 35.5. The Hall–Kier alpha value is -0.850. The predicted molar refractivity (Wildman–Crippen MR) is 114 cm³/mol. The number of likely N-dealkylation sites (tertiary alicyclic amines) is 1. The van der Waals surface area contributed by atoms with E-state index < -0.39 is 6.04 Å². The number of piperidine rings is 1. The van der Waals surface area contributed by atoms with E-state index in [-0.39, 0.29) is 30.7 Å². The van der Waals surface area contributed by atoms with Crippen molar-refractivity contribution in [3.63, 3.8) is 0 Å². The van der Waals surface area contributed by atoms with E-state index >= 15 is 0 Å². The Morgan fingerprint density at radius 1 is 1.11 bits per heavy atom. The zero-order valence-corrected chi connectivity index (χ0v) is 17.9. The van der Waals surface area contributed by atoms with E-state index in [0.29, 0.717) is 18.1 Å². The molecule has 5 nitrogen and oxygen atoms in total. The summed E-state index contributed by atoms with van der Waals surface area (Å²) in [5.41, 5.74) is 7.06. The van der Waals surface area contributed by atoms with Gasteiger partial charge in [-0.15, -0.1) is 24.8 Å². The molecule has 3 unspecified atom stereocenters. The number of morpholine rings is 1. The molecule has 0 aromatic heterocycles. The number of halogens is 2. The van der Waals surface area contributed by atoms with Crippen LogP contribution < -0.4 is 5.73 Å². The van der Waals surface area contributed by atoms with Gasteiger partial charge < -0.3 is 15.4 Å². The molecule has 2 saturated heterocycles. The Bertz CT molecular complexity index is 558. The smallest absolute Gasteiger partial charge is 0.244 e. The van der Waals surface area contributed by atoms with E-state index in [0.717, 1.165) is 51.1 Å². The van der Waals surface area contributed by atoms with Crippen LogP contribution in [0.5, 0.6) is 0 Å². The van der Waals surface area contributed by atoms with E-state index in [1.54, 1.807) is 0 Å². The molecule has 154 valence electrons. The van der Waals surface area contributed by atoms with Crippen LogP contribution in [0.15, 0.2) is 30.3 Å². The van der Waals surface area contributed by atoms with Gasteiger partial charge >= 0.3 is 0 Å². The van der Waals surface area contributed by atoms with E-state index in [1.165, 1.54) is 0 Å². The molecule has 1 aromatic carbocycles. The number of nitrogens with two attached hydrogens (primary N) is 1. The molecule has 27 heavy (non-hydrogen) atoms. The molecule has 1 aromatic rings. The van der Waals surface area contributed by atoms with Gasteiger partial charge in [-0.1, -0.05) is 30.3 Å². The van der Waals surface area contributed by atoms with Crippen LogP contribution in [0.1, 0.15) is 38.3 Å². The summed E-state index contributed by atoms with van der Waals surface area (Å²) in [6.07, 6.45) is 2.75. The predicted octanol–water partition coefficient (Wildman–Crippen LogP) is 2.88. The lowest BCUT2D eigenvalue weighted by Crippen LogP contribution is -2.49. The van der Waals surface area contributed by atoms with E-state index in [1.807, 2.05) is 35.2 Å². The molecular formula is C20H33Cl2N3O2. The van der Waals surface area contributed by atoms with E-state index in [2.05, 4.69) is 18.7 Å². The molecule has 2 heterocycles. The number of carbonyl (C=O) groups is 1. The monoisotopic (exact) mass is 417 g/mol. The van der Waals surface area contributed by atoms with Gasteiger partial charge in [-0.25, -0.2) is 0 Å². The normalized spacial score (nSPS) is 25.2. The Morgan fingerprint density at radius 3 is 2.22 bits per heavy atom. The number of carbonyl (C=O) groups excluding carboxylic acids is 1. The van der Waals surface area contributed by atoms with Gasteiger partial charge in [0.15, 0.2) is 0 Å². The van der Waals surface area contributed by atoms with Crippen LogP contribution in [0.25, 0.3) is 0 Å². The van der Waals surface area contributed by atoms with Crippen molar-refractivity contribution in [2.45, 2.75) is 44.9 Å². The summed E-state index contributed by atoms with van der Waals surface area (Å²) in [4.78, 5) is 17.1. The van der Waals surface area contributed by atoms with Crippen molar-refractivity contribution in [1.29, 1.82) is 0 Å². The lowest BCUT2D eigenvalue weighted by Gasteiger charge is -2.39. The quantitative estimate of drug-likeness (QED) is 0.817. The van der Waals surface area contributed by atoms with Gasteiger partial charge in [0, 0.05) is 32.7 Å². The topological polar surface area (TPSA) is 58.8 Å². The third-order valence-corrected chi connectivity index (χ3v) is 5.36. The number of amides is 1. The van der Waals surface area contributed by atoms with E-state index in [4.69, 9.17) is 10.5 Å². The molecule has 2 N–H and O–H groups in total. The highest BCUT2D eigenvalue weighted by Crippen LogP contribution is 2.23. The Morgan fingerprint density at radius 2 is 1.67 bits per heavy atom. The first kappa shape index (κ1) is 24.2. The maximum atomic E-state index is 12.7. The highest BCUT2D eigenvalue weighted by Gasteiger charge is 2.29. The number of ether oxygens (including phenoxy) is 1. The molecule has 0 spiro atoms. The third-order valence-electron chi connectivity index (χ3n) is 5.36. The van der Waals surface area contributed by atoms with Crippen molar-refractivity contribution >= 4 is 30.7 Å². The van der Waals surface area contributed by atoms with Crippen molar-refractivity contribution in [2.24, 2.45) is 11.7 Å². The summed E-state index contributed by atoms with van der Waals surface area (Å²) in [6, 6.07) is 9.11.